The standard InChI is InChI=1S/C30H31ClF3N5O4/c1-18(40)23-14-38(25-9-6-20(12-22(23)25)36-29(43)37-11-3-10-30(33,34)17-37)16-27(42)39(21-7-8-21)15-26(41)35-13-19-4-2-5-24(31)28(19)32/h2,4-6,9,12,14,21H,3,7-8,10-11,13,15-17H2,1H3,(H,35,41)(H,36,43). The fourth-order valence-electron chi connectivity index (χ4n) is 5.26. The second-order valence-corrected chi connectivity index (χ2v) is 11.4. The Labute approximate surface area is 250 Å². The summed E-state index contributed by atoms with van der Waals surface area (Å²) in [4.78, 5) is 53.8. The molecular weight excluding hydrogens is 587 g/mol. The molecule has 1 aliphatic carbocycles. The van der Waals surface area contributed by atoms with Gasteiger partial charge >= 0.3 is 6.03 Å². The van der Waals surface area contributed by atoms with Gasteiger partial charge < -0.3 is 25.0 Å². The van der Waals surface area contributed by atoms with Crippen LogP contribution in [0, 0.1) is 5.82 Å². The van der Waals surface area contributed by atoms with Crippen molar-refractivity contribution < 1.29 is 32.3 Å². The SMILES string of the molecule is CC(=O)c1cn(CC(=O)N(CC(=O)NCc2cccc(Cl)c2F)C2CC2)c2ccc(NC(=O)N3CCCC(F)(F)C3)cc12. The van der Waals surface area contributed by atoms with Gasteiger partial charge in [0.25, 0.3) is 5.92 Å². The van der Waals surface area contributed by atoms with Crippen molar-refractivity contribution in [1.29, 1.82) is 0 Å². The Balaban J connectivity index is 1.28. The number of urea groups is 1. The van der Waals surface area contributed by atoms with Crippen LogP contribution in [0.3, 0.4) is 0 Å². The lowest BCUT2D eigenvalue weighted by Crippen LogP contribution is -2.47. The van der Waals surface area contributed by atoms with E-state index in [0.717, 1.165) is 17.7 Å². The average molecular weight is 618 g/mol. The van der Waals surface area contributed by atoms with E-state index in [4.69, 9.17) is 11.6 Å². The summed E-state index contributed by atoms with van der Waals surface area (Å²) in [6.07, 6.45) is 2.99. The molecule has 9 nitrogen and oxygen atoms in total. The van der Waals surface area contributed by atoms with Gasteiger partial charge in [-0.3, -0.25) is 14.4 Å². The molecule has 2 heterocycles. The van der Waals surface area contributed by atoms with E-state index in [0.29, 0.717) is 22.2 Å². The number of anilines is 1. The second kappa shape index (κ2) is 12.3. The Morgan fingerprint density at radius 2 is 1.91 bits per heavy atom. The number of ketones is 1. The number of halogens is 4. The monoisotopic (exact) mass is 617 g/mol. The lowest BCUT2D eigenvalue weighted by molar-refractivity contribution is -0.137. The summed E-state index contributed by atoms with van der Waals surface area (Å²) in [6.45, 7) is 0.493. The van der Waals surface area contributed by atoms with Gasteiger partial charge in [0, 0.05) is 59.5 Å². The summed E-state index contributed by atoms with van der Waals surface area (Å²) < 4.78 is 43.4. The van der Waals surface area contributed by atoms with Crippen molar-refractivity contribution in [3.8, 4) is 0 Å². The number of likely N-dealkylation sites (tertiary alicyclic amines) is 1. The predicted molar refractivity (Wildman–Crippen MR) is 155 cm³/mol. The molecule has 5 rings (SSSR count). The number of aromatic nitrogens is 1. The molecule has 4 amide bonds. The zero-order chi connectivity index (χ0) is 30.9. The number of benzene rings is 2. The number of nitrogens with one attached hydrogen (secondary N) is 2. The highest BCUT2D eigenvalue weighted by atomic mass is 35.5. The Kier molecular flexibility index (Phi) is 8.68. The third kappa shape index (κ3) is 7.12. The molecule has 3 aromatic rings. The number of nitrogens with zero attached hydrogens (tertiary/aromatic N) is 3. The van der Waals surface area contributed by atoms with Crippen LogP contribution < -0.4 is 10.6 Å². The van der Waals surface area contributed by atoms with Gasteiger partial charge in [-0.25, -0.2) is 18.0 Å². The lowest BCUT2D eigenvalue weighted by atomic mass is 10.1. The first-order valence-electron chi connectivity index (χ1n) is 14.0. The molecule has 2 N–H and O–H groups in total. The maximum atomic E-state index is 14.2. The predicted octanol–water partition coefficient (Wildman–Crippen LogP) is 5.21. The molecule has 2 aliphatic rings. The van der Waals surface area contributed by atoms with Crippen LogP contribution in [-0.2, 0) is 22.7 Å². The maximum absolute atomic E-state index is 14.2. The van der Waals surface area contributed by atoms with Crippen LogP contribution in [0.15, 0.2) is 42.6 Å². The topological polar surface area (TPSA) is 104 Å². The fraction of sp³-hybridized carbons (Fsp3) is 0.400. The summed E-state index contributed by atoms with van der Waals surface area (Å²) in [5.74, 6) is -4.60. The van der Waals surface area contributed by atoms with E-state index in [1.807, 2.05) is 0 Å². The summed E-state index contributed by atoms with van der Waals surface area (Å²) in [7, 11) is 0. The molecule has 2 fully saturated rings. The van der Waals surface area contributed by atoms with E-state index in [2.05, 4.69) is 10.6 Å². The zero-order valence-corrected chi connectivity index (χ0v) is 24.2. The van der Waals surface area contributed by atoms with Crippen molar-refractivity contribution >= 4 is 51.8 Å². The number of Topliss-reactive ketones (excluding diaryl/α,β-unsaturated/α-hetero) is 1. The maximum Gasteiger partial charge on any atom is 0.322 e. The van der Waals surface area contributed by atoms with Gasteiger partial charge in [0.05, 0.1) is 18.1 Å². The quantitative estimate of drug-likeness (QED) is 0.322. The zero-order valence-electron chi connectivity index (χ0n) is 23.5. The van der Waals surface area contributed by atoms with E-state index in [1.54, 1.807) is 35.0 Å². The third-order valence-electron chi connectivity index (χ3n) is 7.63. The molecule has 2 aromatic carbocycles. The molecule has 0 radical (unpaired) electrons. The molecule has 0 bridgehead atoms. The number of rotatable bonds is 9. The van der Waals surface area contributed by atoms with E-state index in [1.165, 1.54) is 24.0 Å². The Morgan fingerprint density at radius 1 is 1.14 bits per heavy atom. The molecule has 0 unspecified atom stereocenters. The number of hydrogen-bond donors (Lipinski definition) is 2. The van der Waals surface area contributed by atoms with Crippen molar-refractivity contribution in [1.82, 2.24) is 19.7 Å². The summed E-state index contributed by atoms with van der Waals surface area (Å²) in [5.41, 5.74) is 1.43. The largest absolute Gasteiger partial charge is 0.350 e. The van der Waals surface area contributed by atoms with Crippen molar-refractivity contribution in [3.05, 3.63) is 64.6 Å². The highest BCUT2D eigenvalue weighted by molar-refractivity contribution is 6.30. The van der Waals surface area contributed by atoms with Crippen LogP contribution >= 0.6 is 11.6 Å². The van der Waals surface area contributed by atoms with Crippen LogP contribution in [0.25, 0.3) is 10.9 Å². The van der Waals surface area contributed by atoms with E-state index in [9.17, 15) is 32.3 Å². The highest BCUT2D eigenvalue weighted by Crippen LogP contribution is 2.30. The molecule has 228 valence electrons. The molecule has 1 aliphatic heterocycles. The fourth-order valence-corrected chi connectivity index (χ4v) is 5.46. The number of amides is 4. The molecule has 0 spiro atoms. The number of hydrogen-bond acceptors (Lipinski definition) is 4. The number of carbonyl (C=O) groups is 4. The first kappa shape index (κ1) is 30.4. The molecule has 1 saturated heterocycles. The number of piperidine rings is 1. The normalized spacial score (nSPS) is 16.2. The van der Waals surface area contributed by atoms with Crippen LogP contribution in [-0.4, -0.2) is 69.6 Å². The molecule has 1 aromatic heterocycles. The molecule has 43 heavy (non-hydrogen) atoms. The minimum atomic E-state index is -2.94. The van der Waals surface area contributed by atoms with E-state index < -0.39 is 30.2 Å². The lowest BCUT2D eigenvalue weighted by Gasteiger charge is -2.32. The first-order chi connectivity index (χ1) is 20.4. The van der Waals surface area contributed by atoms with E-state index in [-0.39, 0.29) is 67.3 Å². The van der Waals surface area contributed by atoms with Crippen molar-refractivity contribution in [2.24, 2.45) is 0 Å². The van der Waals surface area contributed by atoms with Crippen LogP contribution in [0.5, 0.6) is 0 Å². The molecular formula is C30H31ClF3N5O4. The highest BCUT2D eigenvalue weighted by Gasteiger charge is 2.37. The summed E-state index contributed by atoms with van der Waals surface area (Å²) in [6, 6.07) is 8.54. The summed E-state index contributed by atoms with van der Waals surface area (Å²) in [5, 5.41) is 5.71. The minimum absolute atomic E-state index is 0.0495. The first-order valence-corrected chi connectivity index (χ1v) is 14.4. The number of alkyl halides is 2. The number of carbonyl (C=O) groups excluding carboxylic acids is 4. The van der Waals surface area contributed by atoms with Gasteiger partial charge in [0.15, 0.2) is 5.78 Å². The van der Waals surface area contributed by atoms with Gasteiger partial charge in [-0.2, -0.15) is 0 Å². The molecule has 1 saturated carbocycles. The van der Waals surface area contributed by atoms with Gasteiger partial charge in [0.1, 0.15) is 12.4 Å². The Hall–Kier alpha value is -4.06. The smallest absolute Gasteiger partial charge is 0.322 e. The summed E-state index contributed by atoms with van der Waals surface area (Å²) >= 11 is 5.81. The Bertz CT molecular complexity index is 1590. The Morgan fingerprint density at radius 3 is 2.60 bits per heavy atom. The molecule has 0 atom stereocenters. The van der Waals surface area contributed by atoms with Gasteiger partial charge in [-0.15, -0.1) is 0 Å². The van der Waals surface area contributed by atoms with Crippen molar-refractivity contribution in [2.75, 3.05) is 25.0 Å². The van der Waals surface area contributed by atoms with Crippen LogP contribution in [0.1, 0.15) is 48.5 Å². The van der Waals surface area contributed by atoms with Crippen molar-refractivity contribution in [2.45, 2.75) is 57.7 Å². The second-order valence-electron chi connectivity index (χ2n) is 11.0. The van der Waals surface area contributed by atoms with Gasteiger partial charge in [-0.05, 0) is 50.5 Å². The van der Waals surface area contributed by atoms with Gasteiger partial charge in [0.2, 0.25) is 11.8 Å². The van der Waals surface area contributed by atoms with Crippen molar-refractivity contribution in [3.63, 3.8) is 0 Å². The minimum Gasteiger partial charge on any atom is -0.350 e. The number of fused-ring (bicyclic) bond motifs is 1. The average Bonchev–Trinajstić information content (AvgIpc) is 3.73. The third-order valence-corrected chi connectivity index (χ3v) is 7.92. The van der Waals surface area contributed by atoms with Crippen LogP contribution in [0.2, 0.25) is 5.02 Å². The van der Waals surface area contributed by atoms with Crippen LogP contribution in [0.4, 0.5) is 23.7 Å². The van der Waals surface area contributed by atoms with Gasteiger partial charge in [-0.1, -0.05) is 23.7 Å². The molecule has 13 heteroatoms. The van der Waals surface area contributed by atoms with E-state index >= 15 is 0 Å².